The number of aromatic hydroxyl groups is 1. The number of rotatable bonds is 2. The van der Waals surface area contributed by atoms with Crippen LogP contribution in [0.1, 0.15) is 6.92 Å². The van der Waals surface area contributed by atoms with Crippen LogP contribution in [-0.4, -0.2) is 20.8 Å². The highest BCUT2D eigenvalue weighted by molar-refractivity contribution is 7.99. The number of thioether (sulfide) groups is 1. The number of H-pyrrole nitrogens is 1. The Morgan fingerprint density at radius 1 is 1.82 bits per heavy atom. The number of hydrogen-bond donors (Lipinski definition) is 2. The molecule has 1 rings (SSSR count). The minimum absolute atomic E-state index is 0.342. The molecule has 0 amide bonds. The van der Waals surface area contributed by atoms with Crippen molar-refractivity contribution in [3.05, 3.63) is 16.6 Å². The lowest BCUT2D eigenvalue weighted by atomic mass is 10.6. The third kappa shape index (κ3) is 1.98. The van der Waals surface area contributed by atoms with E-state index in [2.05, 4.69) is 9.97 Å². The van der Waals surface area contributed by atoms with Crippen molar-refractivity contribution in [2.75, 3.05) is 5.75 Å². The molecule has 0 fully saturated rings. The Hall–Kier alpha value is -0.970. The van der Waals surface area contributed by atoms with E-state index in [4.69, 9.17) is 5.11 Å². The standard InChI is InChI=1S/C6H8N2O2S/c1-2-11-6-7-3-4(9)5(10)8-6/h3,9H,2H2,1H3,(H,7,8,10). The van der Waals surface area contributed by atoms with E-state index in [1.165, 1.54) is 11.8 Å². The van der Waals surface area contributed by atoms with Crippen LogP contribution in [0, 0.1) is 0 Å². The number of aromatic amines is 1. The van der Waals surface area contributed by atoms with Crippen LogP contribution in [0.4, 0.5) is 0 Å². The van der Waals surface area contributed by atoms with Gasteiger partial charge >= 0.3 is 0 Å². The van der Waals surface area contributed by atoms with Gasteiger partial charge in [0.15, 0.2) is 10.9 Å². The summed E-state index contributed by atoms with van der Waals surface area (Å²) in [6.45, 7) is 1.96. The third-order valence-electron chi connectivity index (χ3n) is 1.04. The molecule has 5 heteroatoms. The van der Waals surface area contributed by atoms with Crippen LogP contribution in [0.2, 0.25) is 0 Å². The van der Waals surface area contributed by atoms with E-state index >= 15 is 0 Å². The Morgan fingerprint density at radius 3 is 3.09 bits per heavy atom. The summed E-state index contributed by atoms with van der Waals surface area (Å²) in [7, 11) is 0. The van der Waals surface area contributed by atoms with Gasteiger partial charge in [-0.1, -0.05) is 18.7 Å². The van der Waals surface area contributed by atoms with E-state index in [0.29, 0.717) is 5.16 Å². The molecular weight excluding hydrogens is 164 g/mol. The van der Waals surface area contributed by atoms with Gasteiger partial charge in [-0.2, -0.15) is 0 Å². The molecule has 0 aliphatic rings. The molecule has 0 aliphatic carbocycles. The first kappa shape index (κ1) is 8.13. The van der Waals surface area contributed by atoms with Gasteiger partial charge in [-0.15, -0.1) is 0 Å². The molecule has 0 radical (unpaired) electrons. The lowest BCUT2D eigenvalue weighted by molar-refractivity contribution is 0.460. The van der Waals surface area contributed by atoms with Crippen molar-refractivity contribution in [2.45, 2.75) is 12.1 Å². The van der Waals surface area contributed by atoms with Crippen molar-refractivity contribution in [3.63, 3.8) is 0 Å². The van der Waals surface area contributed by atoms with Gasteiger partial charge in [-0.25, -0.2) is 4.98 Å². The Labute approximate surface area is 67.7 Å². The molecule has 60 valence electrons. The SMILES string of the molecule is CCSc1ncc(O)c(=O)[nH]1. The zero-order chi connectivity index (χ0) is 8.27. The second-order valence-electron chi connectivity index (χ2n) is 1.84. The summed E-state index contributed by atoms with van der Waals surface area (Å²) < 4.78 is 0. The fourth-order valence-electron chi connectivity index (χ4n) is 0.582. The number of nitrogens with one attached hydrogen (secondary N) is 1. The first-order valence-corrected chi connectivity index (χ1v) is 4.13. The molecule has 11 heavy (non-hydrogen) atoms. The molecule has 0 saturated heterocycles. The molecule has 0 aromatic carbocycles. The minimum Gasteiger partial charge on any atom is -0.502 e. The highest BCUT2D eigenvalue weighted by Gasteiger charge is 1.98. The molecule has 0 saturated carbocycles. The summed E-state index contributed by atoms with van der Waals surface area (Å²) in [6.07, 6.45) is 1.15. The number of nitrogens with zero attached hydrogens (tertiary/aromatic N) is 1. The topological polar surface area (TPSA) is 66.0 Å². The summed E-state index contributed by atoms with van der Waals surface area (Å²) in [5.74, 6) is 0.499. The van der Waals surface area contributed by atoms with E-state index in [1.807, 2.05) is 6.92 Å². The van der Waals surface area contributed by atoms with Gasteiger partial charge in [0.25, 0.3) is 5.56 Å². The van der Waals surface area contributed by atoms with Gasteiger partial charge in [-0.05, 0) is 5.75 Å². The van der Waals surface area contributed by atoms with Crippen molar-refractivity contribution < 1.29 is 5.11 Å². The smallest absolute Gasteiger partial charge is 0.293 e. The first-order valence-electron chi connectivity index (χ1n) is 3.15. The molecule has 0 atom stereocenters. The van der Waals surface area contributed by atoms with Gasteiger partial charge in [-0.3, -0.25) is 9.78 Å². The van der Waals surface area contributed by atoms with Gasteiger partial charge in [0, 0.05) is 0 Å². The van der Waals surface area contributed by atoms with E-state index in [0.717, 1.165) is 11.9 Å². The molecule has 0 unspecified atom stereocenters. The van der Waals surface area contributed by atoms with Crippen LogP contribution in [0.3, 0.4) is 0 Å². The predicted molar refractivity (Wildman–Crippen MR) is 42.9 cm³/mol. The lowest BCUT2D eigenvalue weighted by Gasteiger charge is -1.95. The van der Waals surface area contributed by atoms with Crippen molar-refractivity contribution in [1.82, 2.24) is 9.97 Å². The Morgan fingerprint density at radius 2 is 2.55 bits per heavy atom. The van der Waals surface area contributed by atoms with Crippen molar-refractivity contribution in [2.24, 2.45) is 0 Å². The molecule has 1 aromatic heterocycles. The van der Waals surface area contributed by atoms with Gasteiger partial charge < -0.3 is 5.11 Å². The summed E-state index contributed by atoms with van der Waals surface area (Å²) in [6, 6.07) is 0. The zero-order valence-corrected chi connectivity index (χ0v) is 6.81. The quantitative estimate of drug-likeness (QED) is 0.506. The maximum absolute atomic E-state index is 10.8. The molecule has 0 aliphatic heterocycles. The highest BCUT2D eigenvalue weighted by atomic mass is 32.2. The summed E-state index contributed by atoms with van der Waals surface area (Å²) >= 11 is 1.42. The minimum atomic E-state index is -0.490. The van der Waals surface area contributed by atoms with Crippen molar-refractivity contribution in [1.29, 1.82) is 0 Å². The highest BCUT2D eigenvalue weighted by Crippen LogP contribution is 2.09. The largest absolute Gasteiger partial charge is 0.502 e. The Kier molecular flexibility index (Phi) is 2.53. The molecular formula is C6H8N2O2S. The zero-order valence-electron chi connectivity index (χ0n) is 6.00. The lowest BCUT2D eigenvalue weighted by Crippen LogP contribution is -2.06. The van der Waals surface area contributed by atoms with Crippen LogP contribution < -0.4 is 5.56 Å². The Bertz CT molecular complexity index is 297. The summed E-state index contributed by atoms with van der Waals surface area (Å²) in [4.78, 5) is 17.0. The van der Waals surface area contributed by atoms with Crippen molar-refractivity contribution in [3.8, 4) is 5.75 Å². The molecule has 0 bridgehead atoms. The monoisotopic (exact) mass is 172 g/mol. The molecule has 0 spiro atoms. The second kappa shape index (κ2) is 3.43. The predicted octanol–water partition coefficient (Wildman–Crippen LogP) is 0.587. The van der Waals surface area contributed by atoms with Crippen molar-refractivity contribution >= 4 is 11.8 Å². The number of hydrogen-bond acceptors (Lipinski definition) is 4. The van der Waals surface area contributed by atoms with Gasteiger partial charge in [0.05, 0.1) is 6.20 Å². The number of aromatic nitrogens is 2. The van der Waals surface area contributed by atoms with Crippen LogP contribution in [0.5, 0.6) is 5.75 Å². The normalized spacial score (nSPS) is 9.91. The summed E-state index contributed by atoms with van der Waals surface area (Å²) in [5.41, 5.74) is -0.490. The maximum atomic E-state index is 10.8. The van der Waals surface area contributed by atoms with E-state index in [9.17, 15) is 4.79 Å². The van der Waals surface area contributed by atoms with Crippen LogP contribution >= 0.6 is 11.8 Å². The van der Waals surface area contributed by atoms with E-state index in [-0.39, 0.29) is 5.75 Å². The fourth-order valence-corrected chi connectivity index (χ4v) is 1.15. The fraction of sp³-hybridized carbons (Fsp3) is 0.333. The third-order valence-corrected chi connectivity index (χ3v) is 1.81. The van der Waals surface area contributed by atoms with Crippen LogP contribution in [0.15, 0.2) is 16.1 Å². The maximum Gasteiger partial charge on any atom is 0.293 e. The van der Waals surface area contributed by atoms with Gasteiger partial charge in [0.2, 0.25) is 0 Å². The molecule has 1 aromatic rings. The average molecular weight is 172 g/mol. The average Bonchev–Trinajstić information content (AvgIpc) is 1.98. The van der Waals surface area contributed by atoms with E-state index < -0.39 is 5.56 Å². The van der Waals surface area contributed by atoms with Crippen LogP contribution in [0.25, 0.3) is 0 Å². The van der Waals surface area contributed by atoms with Crippen LogP contribution in [-0.2, 0) is 0 Å². The second-order valence-corrected chi connectivity index (χ2v) is 3.09. The molecule has 1 heterocycles. The summed E-state index contributed by atoms with van der Waals surface area (Å²) in [5, 5.41) is 9.33. The first-order chi connectivity index (χ1) is 5.24. The Balaban J connectivity index is 2.96. The van der Waals surface area contributed by atoms with E-state index in [1.54, 1.807) is 0 Å². The van der Waals surface area contributed by atoms with Gasteiger partial charge in [0.1, 0.15) is 0 Å². The molecule has 4 nitrogen and oxygen atoms in total. The molecule has 2 N–H and O–H groups in total.